The van der Waals surface area contributed by atoms with Crippen molar-refractivity contribution >= 4 is 17.9 Å². The molecule has 9 heteroatoms. The van der Waals surface area contributed by atoms with Crippen molar-refractivity contribution in [2.45, 2.75) is 424 Å². The van der Waals surface area contributed by atoms with Gasteiger partial charge in [-0.05, 0) is 51.4 Å². The first-order chi connectivity index (χ1) is 44.6. The Hall–Kier alpha value is -2.49. The number of rotatable bonds is 76. The molecule has 0 aromatic carbocycles. The number of aliphatic carboxylic acids is 1. The van der Waals surface area contributed by atoms with Gasteiger partial charge in [-0.15, -0.1) is 0 Å². The van der Waals surface area contributed by atoms with Crippen LogP contribution in [0.2, 0.25) is 0 Å². The van der Waals surface area contributed by atoms with Crippen molar-refractivity contribution < 1.29 is 42.9 Å². The van der Waals surface area contributed by atoms with Crippen LogP contribution in [-0.4, -0.2) is 82.3 Å². The predicted molar refractivity (Wildman–Crippen MR) is 389 cm³/mol. The molecule has 0 rings (SSSR count). The highest BCUT2D eigenvalue weighted by molar-refractivity contribution is 5.70. The molecule has 0 aliphatic heterocycles. The first kappa shape index (κ1) is 88.5. The molecule has 0 heterocycles. The molecule has 0 bridgehead atoms. The minimum atomic E-state index is -1.62. The number of carbonyl (C=O) groups is 3. The van der Waals surface area contributed by atoms with Gasteiger partial charge in [-0.3, -0.25) is 9.59 Å². The number of hydrogen-bond acceptors (Lipinski definition) is 8. The van der Waals surface area contributed by atoms with Crippen molar-refractivity contribution in [2.75, 3.05) is 47.5 Å². The maximum absolute atomic E-state index is 13.0. The van der Waals surface area contributed by atoms with Crippen LogP contribution in [0, 0.1) is 0 Å². The van der Waals surface area contributed by atoms with Gasteiger partial charge < -0.3 is 33.3 Å². The molecule has 0 aromatic heterocycles. The van der Waals surface area contributed by atoms with Crippen molar-refractivity contribution in [2.24, 2.45) is 0 Å². The Labute approximate surface area is 566 Å². The summed E-state index contributed by atoms with van der Waals surface area (Å²) in [5.74, 6) is -2.25. The SMILES string of the molecule is CCCCCCC/C=C\C/C=C\C/C=C\CCCCCCCCCCCCCCCCC(=O)OC(COC(=O)CCCCCCCCCCCCCCCCCCCCCCCCCCCCCCCCCCCCCCC)COC(OCC[N+](C)(C)C)C(=O)[O-]. The Morgan fingerprint density at radius 3 is 0.879 bits per heavy atom. The molecule has 0 aromatic rings. The van der Waals surface area contributed by atoms with Crippen molar-refractivity contribution in [1.82, 2.24) is 0 Å². The summed E-state index contributed by atoms with van der Waals surface area (Å²) in [6, 6.07) is 0. The first-order valence-electron chi connectivity index (χ1n) is 40.1. The minimum Gasteiger partial charge on any atom is -0.545 e. The third kappa shape index (κ3) is 74.8. The van der Waals surface area contributed by atoms with Crippen LogP contribution in [0.4, 0.5) is 0 Å². The molecule has 0 fully saturated rings. The number of ether oxygens (including phenoxy) is 4. The molecule has 9 nitrogen and oxygen atoms in total. The number of unbranched alkanes of at least 4 members (excludes halogenated alkanes) is 55. The fourth-order valence-corrected chi connectivity index (χ4v) is 12.3. The summed E-state index contributed by atoms with van der Waals surface area (Å²) < 4.78 is 22.9. The van der Waals surface area contributed by atoms with E-state index in [2.05, 4.69) is 50.3 Å². The number of esters is 2. The monoisotopic (exact) mass is 1280 g/mol. The second-order valence-corrected chi connectivity index (χ2v) is 28.7. The molecule has 91 heavy (non-hydrogen) atoms. The van der Waals surface area contributed by atoms with Crippen LogP contribution in [0.5, 0.6) is 0 Å². The van der Waals surface area contributed by atoms with Gasteiger partial charge in [-0.2, -0.15) is 0 Å². The van der Waals surface area contributed by atoms with E-state index < -0.39 is 24.3 Å². The van der Waals surface area contributed by atoms with Crippen LogP contribution in [-0.2, 0) is 33.3 Å². The molecule has 0 radical (unpaired) electrons. The second-order valence-electron chi connectivity index (χ2n) is 28.7. The summed E-state index contributed by atoms with van der Waals surface area (Å²) >= 11 is 0. The zero-order valence-corrected chi connectivity index (χ0v) is 61.5. The number of nitrogens with zero attached hydrogens (tertiary/aromatic N) is 1. The number of carboxylic acids is 1. The lowest BCUT2D eigenvalue weighted by atomic mass is 10.0. The van der Waals surface area contributed by atoms with Crippen LogP contribution >= 0.6 is 0 Å². The van der Waals surface area contributed by atoms with Crippen molar-refractivity contribution in [3.8, 4) is 0 Å². The van der Waals surface area contributed by atoms with Crippen LogP contribution < -0.4 is 5.11 Å². The molecular weight excluding hydrogens is 1130 g/mol. The summed E-state index contributed by atoms with van der Waals surface area (Å²) in [7, 11) is 5.95. The molecule has 0 aliphatic rings. The molecule has 0 aliphatic carbocycles. The smallest absolute Gasteiger partial charge is 0.306 e. The zero-order valence-electron chi connectivity index (χ0n) is 61.5. The number of carbonyl (C=O) groups excluding carboxylic acids is 3. The Balaban J connectivity index is 3.96. The van der Waals surface area contributed by atoms with Crippen molar-refractivity contribution in [3.05, 3.63) is 36.5 Å². The standard InChI is InChI=1S/C82H155NO8/c1-6-8-10-12-14-16-18-20-22-24-26-28-30-32-34-36-37-38-39-40-41-42-43-45-46-48-50-52-54-56-58-60-62-64-66-68-70-72-79(84)89-76-78(77-90-82(81(86)87)88-75-74-83(3,4)5)91-80(85)73-71-69-67-65-63-61-59-57-55-53-51-49-47-44-35-33-31-29-27-25-23-21-19-17-15-13-11-9-7-2/h19,21,25,27,31,33,78,82H,6-18,20,22-24,26,28-30,32,34-77H2,1-5H3/b21-19-,27-25-,33-31-. The van der Waals surface area contributed by atoms with Gasteiger partial charge in [0.1, 0.15) is 13.2 Å². The topological polar surface area (TPSA) is 111 Å². The van der Waals surface area contributed by atoms with E-state index in [1.807, 2.05) is 21.1 Å². The van der Waals surface area contributed by atoms with Gasteiger partial charge in [0.25, 0.3) is 0 Å². The van der Waals surface area contributed by atoms with Crippen LogP contribution in [0.3, 0.4) is 0 Å². The van der Waals surface area contributed by atoms with E-state index in [9.17, 15) is 19.5 Å². The molecule has 2 unspecified atom stereocenters. The number of carboxylic acid groups (broad SMARTS) is 1. The van der Waals surface area contributed by atoms with Crippen molar-refractivity contribution in [1.29, 1.82) is 0 Å². The van der Waals surface area contributed by atoms with Crippen LogP contribution in [0.15, 0.2) is 36.5 Å². The average Bonchev–Trinajstić information content (AvgIpc) is 3.66. The van der Waals surface area contributed by atoms with Crippen LogP contribution in [0.25, 0.3) is 0 Å². The highest BCUT2D eigenvalue weighted by atomic mass is 16.7. The molecule has 0 saturated heterocycles. The van der Waals surface area contributed by atoms with E-state index in [4.69, 9.17) is 18.9 Å². The molecule has 536 valence electrons. The fraction of sp³-hybridized carbons (Fsp3) is 0.890. The van der Waals surface area contributed by atoms with Gasteiger partial charge >= 0.3 is 11.9 Å². The zero-order chi connectivity index (χ0) is 66.1. The minimum absolute atomic E-state index is 0.150. The van der Waals surface area contributed by atoms with Crippen molar-refractivity contribution in [3.63, 3.8) is 0 Å². The summed E-state index contributed by atoms with van der Waals surface area (Å²) in [6.07, 6.45) is 91.3. The average molecular weight is 1280 g/mol. The molecule has 2 atom stereocenters. The Bertz CT molecular complexity index is 1590. The fourth-order valence-electron chi connectivity index (χ4n) is 12.3. The third-order valence-electron chi connectivity index (χ3n) is 18.4. The van der Waals surface area contributed by atoms with E-state index in [1.165, 1.54) is 334 Å². The van der Waals surface area contributed by atoms with Gasteiger partial charge in [-0.1, -0.05) is 384 Å². The summed E-state index contributed by atoms with van der Waals surface area (Å²) in [4.78, 5) is 37.6. The van der Waals surface area contributed by atoms with E-state index in [0.717, 1.165) is 44.9 Å². The van der Waals surface area contributed by atoms with Crippen LogP contribution in [0.1, 0.15) is 412 Å². The lowest BCUT2D eigenvalue weighted by Crippen LogP contribution is -2.44. The molecular formula is C82H155NO8. The van der Waals surface area contributed by atoms with E-state index >= 15 is 0 Å². The van der Waals surface area contributed by atoms with Gasteiger partial charge in [-0.25, -0.2) is 0 Å². The molecule has 0 N–H and O–H groups in total. The van der Waals surface area contributed by atoms with Gasteiger partial charge in [0.2, 0.25) is 0 Å². The third-order valence-corrected chi connectivity index (χ3v) is 18.4. The number of quaternary nitrogens is 1. The van der Waals surface area contributed by atoms with E-state index in [1.54, 1.807) is 0 Å². The lowest BCUT2D eigenvalue weighted by Gasteiger charge is -2.26. The molecule has 0 amide bonds. The summed E-state index contributed by atoms with van der Waals surface area (Å²) in [5.41, 5.74) is 0. The highest BCUT2D eigenvalue weighted by Gasteiger charge is 2.22. The van der Waals surface area contributed by atoms with Gasteiger partial charge in [0, 0.05) is 12.8 Å². The number of likely N-dealkylation sites (N-methyl/N-ethyl adjacent to an activating group) is 1. The molecule has 0 saturated carbocycles. The largest absolute Gasteiger partial charge is 0.545 e. The van der Waals surface area contributed by atoms with Gasteiger partial charge in [0.15, 0.2) is 12.4 Å². The Morgan fingerprint density at radius 2 is 0.593 bits per heavy atom. The lowest BCUT2D eigenvalue weighted by molar-refractivity contribution is -0.870. The highest BCUT2D eigenvalue weighted by Crippen LogP contribution is 2.20. The van der Waals surface area contributed by atoms with Gasteiger partial charge in [0.05, 0.1) is 40.3 Å². The predicted octanol–water partition coefficient (Wildman–Crippen LogP) is 24.2. The Morgan fingerprint density at radius 1 is 0.330 bits per heavy atom. The second kappa shape index (κ2) is 73.3. The number of hydrogen-bond donors (Lipinski definition) is 0. The first-order valence-corrected chi connectivity index (χ1v) is 40.1. The number of allylic oxidation sites excluding steroid dienone is 6. The maximum Gasteiger partial charge on any atom is 0.306 e. The normalized spacial score (nSPS) is 12.8. The van der Waals surface area contributed by atoms with E-state index in [-0.39, 0.29) is 32.2 Å². The quantitative estimate of drug-likeness (QED) is 0.0195. The maximum atomic E-state index is 13.0. The summed E-state index contributed by atoms with van der Waals surface area (Å²) in [5, 5.41) is 11.9. The Kier molecular flexibility index (Phi) is 71.3. The summed E-state index contributed by atoms with van der Waals surface area (Å²) in [6.45, 7) is 4.81. The molecule has 0 spiro atoms. The van der Waals surface area contributed by atoms with E-state index in [0.29, 0.717) is 23.9 Å².